The molecule has 0 saturated carbocycles. The number of nitro benzene ring substituents is 1. The van der Waals surface area contributed by atoms with Gasteiger partial charge in [0.25, 0.3) is 0 Å². The Balaban J connectivity index is 1.42. The number of aryl methyl sites for hydroxylation is 1. The van der Waals surface area contributed by atoms with Crippen molar-refractivity contribution in [2.75, 3.05) is 20.3 Å². The zero-order valence-electron chi connectivity index (χ0n) is 21.5. The Morgan fingerprint density at radius 3 is 2.62 bits per heavy atom. The van der Waals surface area contributed by atoms with Crippen molar-refractivity contribution in [3.63, 3.8) is 0 Å². The van der Waals surface area contributed by atoms with E-state index in [0.717, 1.165) is 27.7 Å². The molecule has 10 heteroatoms. The lowest BCUT2D eigenvalue weighted by atomic mass is 9.93. The van der Waals surface area contributed by atoms with Crippen LogP contribution in [0.2, 0.25) is 5.02 Å². The highest BCUT2D eigenvalue weighted by Crippen LogP contribution is 2.39. The summed E-state index contributed by atoms with van der Waals surface area (Å²) in [5.74, 6) is -2.65. The molecule has 0 bridgehead atoms. The first-order valence-corrected chi connectivity index (χ1v) is 12.9. The van der Waals surface area contributed by atoms with Gasteiger partial charge in [0, 0.05) is 22.4 Å². The van der Waals surface area contributed by atoms with Gasteiger partial charge >= 0.3 is 11.7 Å². The molecule has 1 aromatic heterocycles. The van der Waals surface area contributed by atoms with E-state index in [-0.39, 0.29) is 24.2 Å². The van der Waals surface area contributed by atoms with Crippen molar-refractivity contribution in [2.45, 2.75) is 18.6 Å². The molecule has 40 heavy (non-hydrogen) atoms. The summed E-state index contributed by atoms with van der Waals surface area (Å²) in [5, 5.41) is 23.1. The number of carbonyl (C=O) groups is 1. The van der Waals surface area contributed by atoms with Gasteiger partial charge in [0.1, 0.15) is 5.56 Å². The van der Waals surface area contributed by atoms with Crippen LogP contribution in [0.3, 0.4) is 0 Å². The van der Waals surface area contributed by atoms with E-state index < -0.39 is 27.9 Å². The average molecular weight is 561 g/mol. The van der Waals surface area contributed by atoms with Crippen molar-refractivity contribution < 1.29 is 29.0 Å². The fourth-order valence-electron chi connectivity index (χ4n) is 4.88. The van der Waals surface area contributed by atoms with E-state index in [4.69, 9.17) is 25.8 Å². The summed E-state index contributed by atoms with van der Waals surface area (Å²) in [6, 6.07) is 20.1. The second kappa shape index (κ2) is 11.4. The number of carboxylic acids is 1. The minimum absolute atomic E-state index is 0.113. The molecule has 0 radical (unpaired) electrons. The van der Waals surface area contributed by atoms with E-state index in [1.165, 1.54) is 19.2 Å². The van der Waals surface area contributed by atoms with Gasteiger partial charge in [-0.1, -0.05) is 54.1 Å². The summed E-state index contributed by atoms with van der Waals surface area (Å²) < 4.78 is 17.2. The number of halogens is 1. The first-order chi connectivity index (χ1) is 19.3. The van der Waals surface area contributed by atoms with Gasteiger partial charge in [-0.3, -0.25) is 10.1 Å². The number of aromatic nitrogens is 1. The Bertz CT molecular complexity index is 1630. The topological polar surface area (TPSA) is 121 Å². The second-order valence-electron chi connectivity index (χ2n) is 9.19. The summed E-state index contributed by atoms with van der Waals surface area (Å²) >= 11 is 6.11. The van der Waals surface area contributed by atoms with Crippen molar-refractivity contribution in [2.24, 2.45) is 0 Å². The molecule has 0 unspecified atom stereocenters. The van der Waals surface area contributed by atoms with Gasteiger partial charge in [0.15, 0.2) is 11.5 Å². The predicted octanol–water partition coefficient (Wildman–Crippen LogP) is 6.51. The zero-order valence-corrected chi connectivity index (χ0v) is 22.3. The third-order valence-electron chi connectivity index (χ3n) is 6.77. The van der Waals surface area contributed by atoms with Gasteiger partial charge in [-0.05, 0) is 54.0 Å². The van der Waals surface area contributed by atoms with Crippen LogP contribution in [0.4, 0.5) is 5.69 Å². The Hall–Kier alpha value is -4.31. The number of ether oxygens (including phenoxy) is 3. The Kier molecular flexibility index (Phi) is 7.79. The normalized spacial score (nSPS) is 14.6. The maximum absolute atomic E-state index is 12.0. The maximum atomic E-state index is 12.0. The molecular formula is C30H25ClN2O7. The molecule has 1 N–H and O–H groups in total. The van der Waals surface area contributed by atoms with Crippen LogP contribution >= 0.6 is 11.6 Å². The van der Waals surface area contributed by atoms with E-state index in [0.29, 0.717) is 18.2 Å². The van der Waals surface area contributed by atoms with Crippen LogP contribution in [-0.2, 0) is 21.7 Å². The lowest BCUT2D eigenvalue weighted by Gasteiger charge is -2.28. The molecule has 1 aliphatic rings. The van der Waals surface area contributed by atoms with Crippen LogP contribution in [0.25, 0.3) is 23.1 Å². The number of carboxylic acid groups (broad SMARTS) is 1. The lowest BCUT2D eigenvalue weighted by Crippen LogP contribution is -2.28. The van der Waals surface area contributed by atoms with Crippen molar-refractivity contribution >= 4 is 46.3 Å². The number of pyridine rings is 1. The molecule has 4 aromatic rings. The van der Waals surface area contributed by atoms with Crippen LogP contribution in [-0.4, -0.2) is 41.3 Å². The summed E-state index contributed by atoms with van der Waals surface area (Å²) in [4.78, 5) is 27.6. The number of benzene rings is 3. The van der Waals surface area contributed by atoms with Crippen LogP contribution < -0.4 is 4.74 Å². The van der Waals surface area contributed by atoms with Gasteiger partial charge < -0.3 is 19.3 Å². The third kappa shape index (κ3) is 5.53. The van der Waals surface area contributed by atoms with Crippen LogP contribution in [0.1, 0.15) is 39.2 Å². The van der Waals surface area contributed by atoms with E-state index in [1.807, 2.05) is 66.7 Å². The summed E-state index contributed by atoms with van der Waals surface area (Å²) in [7, 11) is 1.26. The smallest absolute Gasteiger partial charge is 0.343 e. The quantitative estimate of drug-likeness (QED) is 0.182. The molecule has 2 heterocycles. The van der Waals surface area contributed by atoms with E-state index in [2.05, 4.69) is 4.98 Å². The number of fused-ring (bicyclic) bond motifs is 1. The number of nitrogens with zero attached hydrogens (tertiary/aromatic N) is 2. The molecule has 1 saturated heterocycles. The Morgan fingerprint density at radius 2 is 1.90 bits per heavy atom. The van der Waals surface area contributed by atoms with Gasteiger partial charge in [0.05, 0.1) is 36.5 Å². The van der Waals surface area contributed by atoms with Gasteiger partial charge in [-0.2, -0.15) is 0 Å². The molecule has 0 atom stereocenters. The fourth-order valence-corrected chi connectivity index (χ4v) is 5.04. The molecule has 0 spiro atoms. The van der Waals surface area contributed by atoms with Gasteiger partial charge in [-0.15, -0.1) is 0 Å². The lowest BCUT2D eigenvalue weighted by molar-refractivity contribution is -0.386. The van der Waals surface area contributed by atoms with Gasteiger partial charge in [-0.25, -0.2) is 9.78 Å². The molecule has 0 aliphatic carbocycles. The summed E-state index contributed by atoms with van der Waals surface area (Å²) in [5.41, 5.74) is 2.52. The number of rotatable bonds is 9. The average Bonchev–Trinajstić information content (AvgIpc) is 3.44. The number of aromatic carboxylic acids is 1. The minimum Gasteiger partial charge on any atom is -0.490 e. The number of nitro groups is 1. The molecule has 1 aliphatic heterocycles. The highest BCUT2D eigenvalue weighted by molar-refractivity contribution is 6.31. The largest absolute Gasteiger partial charge is 0.490 e. The second-order valence-corrected chi connectivity index (χ2v) is 9.63. The fraction of sp³-hybridized carbons (Fsp3) is 0.200. The monoisotopic (exact) mass is 560 g/mol. The zero-order chi connectivity index (χ0) is 28.3. The number of hydrogen-bond donors (Lipinski definition) is 1. The standard InChI is InChI=1S/C30H25ClN2O7/c1-38-26-12-8-21(27(29(34)35)28(26)33(36)37)13-14-30(39-15-16-40-30)22-4-2-3-19(17-22)5-10-24-11-7-20-6-9-23(31)18-25(20)32-24/h2-12,17-18H,13-16H2,1H3,(H,34,35)/b10-5+. The highest BCUT2D eigenvalue weighted by atomic mass is 35.5. The van der Waals surface area contributed by atoms with E-state index >= 15 is 0 Å². The van der Waals surface area contributed by atoms with Gasteiger partial charge in [0.2, 0.25) is 0 Å². The molecule has 3 aromatic carbocycles. The molecular weight excluding hydrogens is 536 g/mol. The summed E-state index contributed by atoms with van der Waals surface area (Å²) in [6.07, 6.45) is 4.24. The molecule has 204 valence electrons. The van der Waals surface area contributed by atoms with Crippen molar-refractivity contribution in [1.82, 2.24) is 4.98 Å². The molecule has 1 fully saturated rings. The van der Waals surface area contributed by atoms with Crippen molar-refractivity contribution in [3.05, 3.63) is 110 Å². The third-order valence-corrected chi connectivity index (χ3v) is 7.00. The van der Waals surface area contributed by atoms with Crippen LogP contribution in [0, 0.1) is 10.1 Å². The maximum Gasteiger partial charge on any atom is 0.343 e. The Labute approximate surface area is 234 Å². The number of hydrogen-bond acceptors (Lipinski definition) is 7. The first-order valence-electron chi connectivity index (χ1n) is 12.5. The predicted molar refractivity (Wildman–Crippen MR) is 151 cm³/mol. The van der Waals surface area contributed by atoms with Crippen molar-refractivity contribution in [1.29, 1.82) is 0 Å². The van der Waals surface area contributed by atoms with E-state index in [9.17, 15) is 20.0 Å². The van der Waals surface area contributed by atoms with E-state index in [1.54, 1.807) is 0 Å². The molecule has 9 nitrogen and oxygen atoms in total. The van der Waals surface area contributed by atoms with Crippen LogP contribution in [0.5, 0.6) is 5.75 Å². The molecule has 5 rings (SSSR count). The highest BCUT2D eigenvalue weighted by Gasteiger charge is 2.39. The summed E-state index contributed by atoms with van der Waals surface area (Å²) in [6.45, 7) is 0.719. The van der Waals surface area contributed by atoms with Crippen molar-refractivity contribution in [3.8, 4) is 5.75 Å². The first kappa shape index (κ1) is 27.3. The SMILES string of the molecule is COc1ccc(CCC2(c3cccc(/C=C/c4ccc5ccc(Cl)cc5n4)c3)OCCO2)c(C(=O)O)c1[N+](=O)[O-]. The molecule has 0 amide bonds. The number of methoxy groups -OCH3 is 1. The Morgan fingerprint density at radius 1 is 1.12 bits per heavy atom. The minimum atomic E-state index is -1.40. The van der Waals surface area contributed by atoms with Crippen LogP contribution in [0.15, 0.2) is 66.7 Å².